The van der Waals surface area contributed by atoms with Gasteiger partial charge in [0.05, 0.1) is 12.2 Å². The third-order valence-corrected chi connectivity index (χ3v) is 6.71. The largest absolute Gasteiger partial charge is 0.493 e. The van der Waals surface area contributed by atoms with Crippen molar-refractivity contribution < 1.29 is 19.4 Å². The van der Waals surface area contributed by atoms with E-state index in [1.54, 1.807) is 12.1 Å². The molecule has 4 bridgehead atoms. The number of amides is 1. The smallest absolute Gasteiger partial charge is 0.303 e. The monoisotopic (exact) mass is 371 g/mol. The van der Waals surface area contributed by atoms with E-state index in [-0.39, 0.29) is 12.3 Å². The van der Waals surface area contributed by atoms with E-state index in [4.69, 9.17) is 9.84 Å². The Bertz CT molecular complexity index is 679. The number of hydrogen-bond acceptors (Lipinski definition) is 3. The molecular formula is C22H29NO4. The fourth-order valence-electron chi connectivity index (χ4n) is 6.06. The number of hydrogen-bond donors (Lipinski definition) is 2. The van der Waals surface area contributed by atoms with Crippen molar-refractivity contribution in [3.05, 3.63) is 29.8 Å². The molecule has 4 saturated carbocycles. The molecule has 0 atom stereocenters. The number of nitrogens with one attached hydrogen (secondary N) is 1. The van der Waals surface area contributed by atoms with Gasteiger partial charge in [-0.3, -0.25) is 9.59 Å². The summed E-state index contributed by atoms with van der Waals surface area (Å²) in [6.45, 7) is 1.06. The zero-order chi connectivity index (χ0) is 18.9. The zero-order valence-corrected chi connectivity index (χ0v) is 15.8. The van der Waals surface area contributed by atoms with Crippen molar-refractivity contribution in [2.24, 2.45) is 23.2 Å². The maximum Gasteiger partial charge on any atom is 0.303 e. The standard InChI is InChI=1S/C22H29NO4/c24-20(25)6-3-7-27-19-5-2-1-4-18(19)21(26)23-14-22-11-15-8-16(12-22)10-17(9-15)13-22/h1-2,4-5,15-17H,3,6-14H2,(H,23,26)(H,24,25). The Hall–Kier alpha value is -2.04. The third kappa shape index (κ3) is 4.12. The first-order valence-electron chi connectivity index (χ1n) is 10.2. The summed E-state index contributed by atoms with van der Waals surface area (Å²) in [6.07, 6.45) is 8.52. The molecule has 1 aromatic rings. The first-order chi connectivity index (χ1) is 13.0. The average molecular weight is 371 g/mol. The van der Waals surface area contributed by atoms with E-state index >= 15 is 0 Å². The van der Waals surface area contributed by atoms with Crippen LogP contribution >= 0.6 is 0 Å². The van der Waals surface area contributed by atoms with Gasteiger partial charge < -0.3 is 15.2 Å². The molecule has 5 heteroatoms. The maximum absolute atomic E-state index is 12.8. The fourth-order valence-corrected chi connectivity index (χ4v) is 6.06. The summed E-state index contributed by atoms with van der Waals surface area (Å²) in [4.78, 5) is 23.4. The van der Waals surface area contributed by atoms with Gasteiger partial charge in [0, 0.05) is 13.0 Å². The fraction of sp³-hybridized carbons (Fsp3) is 0.636. The normalized spacial score (nSPS) is 30.9. The molecule has 0 radical (unpaired) electrons. The average Bonchev–Trinajstić information content (AvgIpc) is 2.62. The highest BCUT2D eigenvalue weighted by Crippen LogP contribution is 2.59. The van der Waals surface area contributed by atoms with E-state index < -0.39 is 5.97 Å². The summed E-state index contributed by atoms with van der Waals surface area (Å²) >= 11 is 0. The minimum Gasteiger partial charge on any atom is -0.493 e. The van der Waals surface area contributed by atoms with Crippen LogP contribution in [0.2, 0.25) is 0 Å². The van der Waals surface area contributed by atoms with Gasteiger partial charge in [0.25, 0.3) is 5.91 Å². The predicted molar refractivity (Wildman–Crippen MR) is 102 cm³/mol. The quantitative estimate of drug-likeness (QED) is 0.680. The van der Waals surface area contributed by atoms with Crippen molar-refractivity contribution in [1.82, 2.24) is 5.32 Å². The van der Waals surface area contributed by atoms with Crippen LogP contribution < -0.4 is 10.1 Å². The number of aliphatic carboxylic acids is 1. The number of para-hydroxylation sites is 1. The number of carbonyl (C=O) groups is 2. The van der Waals surface area contributed by atoms with E-state index in [1.165, 1.54) is 38.5 Å². The molecule has 0 saturated heterocycles. The first kappa shape index (κ1) is 18.3. The van der Waals surface area contributed by atoms with E-state index in [0.717, 1.165) is 24.3 Å². The molecule has 0 unspecified atom stereocenters. The number of carboxylic acid groups (broad SMARTS) is 1. The van der Waals surface area contributed by atoms with Crippen LogP contribution in [0, 0.1) is 23.2 Å². The highest BCUT2D eigenvalue weighted by Gasteiger charge is 2.50. The highest BCUT2D eigenvalue weighted by atomic mass is 16.5. The number of ether oxygens (including phenoxy) is 1. The van der Waals surface area contributed by atoms with Crippen molar-refractivity contribution >= 4 is 11.9 Å². The van der Waals surface area contributed by atoms with E-state index in [1.807, 2.05) is 12.1 Å². The summed E-state index contributed by atoms with van der Waals surface area (Å²) < 4.78 is 5.68. The number of rotatable bonds is 8. The van der Waals surface area contributed by atoms with Crippen molar-refractivity contribution in [1.29, 1.82) is 0 Å². The second-order valence-corrected chi connectivity index (χ2v) is 8.94. The van der Waals surface area contributed by atoms with E-state index in [2.05, 4.69) is 5.32 Å². The summed E-state index contributed by atoms with van der Waals surface area (Å²) in [6, 6.07) is 7.23. The van der Waals surface area contributed by atoms with E-state index in [9.17, 15) is 9.59 Å². The lowest BCUT2D eigenvalue weighted by molar-refractivity contribution is -0.137. The highest BCUT2D eigenvalue weighted by molar-refractivity contribution is 5.96. The van der Waals surface area contributed by atoms with Crippen LogP contribution in [0.15, 0.2) is 24.3 Å². The molecule has 5 nitrogen and oxygen atoms in total. The molecule has 0 aromatic heterocycles. The Morgan fingerprint density at radius 1 is 1.07 bits per heavy atom. The molecule has 0 aliphatic heterocycles. The summed E-state index contributed by atoms with van der Waals surface area (Å²) in [7, 11) is 0. The van der Waals surface area contributed by atoms with Crippen LogP contribution in [0.5, 0.6) is 5.75 Å². The van der Waals surface area contributed by atoms with Gasteiger partial charge in [0.2, 0.25) is 0 Å². The summed E-state index contributed by atoms with van der Waals surface area (Å²) in [5.41, 5.74) is 0.847. The summed E-state index contributed by atoms with van der Waals surface area (Å²) in [5, 5.41) is 11.9. The first-order valence-corrected chi connectivity index (χ1v) is 10.2. The molecule has 146 valence electrons. The van der Waals surface area contributed by atoms with Crippen LogP contribution in [0.25, 0.3) is 0 Å². The van der Waals surface area contributed by atoms with Gasteiger partial charge in [-0.15, -0.1) is 0 Å². The Labute approximate surface area is 160 Å². The van der Waals surface area contributed by atoms with Gasteiger partial charge in [-0.2, -0.15) is 0 Å². The molecule has 4 fully saturated rings. The number of carboxylic acids is 1. The van der Waals surface area contributed by atoms with Crippen molar-refractivity contribution in [2.75, 3.05) is 13.2 Å². The van der Waals surface area contributed by atoms with Crippen LogP contribution in [-0.2, 0) is 4.79 Å². The second-order valence-electron chi connectivity index (χ2n) is 8.94. The molecule has 1 aromatic carbocycles. The molecule has 2 N–H and O–H groups in total. The van der Waals surface area contributed by atoms with Crippen LogP contribution in [0.3, 0.4) is 0 Å². The molecule has 4 aliphatic rings. The lowest BCUT2D eigenvalue weighted by Gasteiger charge is -2.56. The van der Waals surface area contributed by atoms with Gasteiger partial charge >= 0.3 is 5.97 Å². The van der Waals surface area contributed by atoms with Gasteiger partial charge in [0.1, 0.15) is 5.75 Å². The van der Waals surface area contributed by atoms with Gasteiger partial charge in [-0.1, -0.05) is 12.1 Å². The van der Waals surface area contributed by atoms with Crippen molar-refractivity contribution in [3.63, 3.8) is 0 Å². The lowest BCUT2D eigenvalue weighted by Crippen LogP contribution is -2.51. The van der Waals surface area contributed by atoms with Gasteiger partial charge in [0.15, 0.2) is 0 Å². The molecule has 0 heterocycles. The molecular weight excluding hydrogens is 342 g/mol. The predicted octanol–water partition coefficient (Wildman–Crippen LogP) is 3.88. The van der Waals surface area contributed by atoms with Crippen LogP contribution in [-0.4, -0.2) is 30.1 Å². The van der Waals surface area contributed by atoms with Crippen LogP contribution in [0.4, 0.5) is 0 Å². The third-order valence-electron chi connectivity index (χ3n) is 6.71. The SMILES string of the molecule is O=C(O)CCCOc1ccccc1C(=O)NCC12CC3CC(CC(C3)C1)C2. The van der Waals surface area contributed by atoms with Crippen molar-refractivity contribution in [2.45, 2.75) is 51.4 Å². The minimum absolute atomic E-state index is 0.0698. The maximum atomic E-state index is 12.8. The Kier molecular flexibility index (Phi) is 5.11. The summed E-state index contributed by atoms with van der Waals surface area (Å²) in [5.74, 6) is 2.24. The Morgan fingerprint density at radius 2 is 1.70 bits per heavy atom. The van der Waals surface area contributed by atoms with Crippen molar-refractivity contribution in [3.8, 4) is 5.75 Å². The topological polar surface area (TPSA) is 75.6 Å². The Morgan fingerprint density at radius 3 is 2.33 bits per heavy atom. The molecule has 4 aliphatic carbocycles. The molecule has 5 rings (SSSR count). The lowest BCUT2D eigenvalue weighted by atomic mass is 9.49. The molecule has 1 amide bonds. The van der Waals surface area contributed by atoms with Crippen LogP contribution in [0.1, 0.15) is 61.7 Å². The van der Waals surface area contributed by atoms with Gasteiger partial charge in [-0.05, 0) is 80.2 Å². The number of benzene rings is 1. The molecule has 0 spiro atoms. The second kappa shape index (κ2) is 7.53. The zero-order valence-electron chi connectivity index (χ0n) is 15.8. The van der Waals surface area contributed by atoms with Gasteiger partial charge in [-0.25, -0.2) is 0 Å². The molecule has 27 heavy (non-hydrogen) atoms. The minimum atomic E-state index is -0.833. The van der Waals surface area contributed by atoms with E-state index in [0.29, 0.717) is 29.8 Å². The number of carbonyl (C=O) groups excluding carboxylic acids is 1. The Balaban J connectivity index is 1.35.